The van der Waals surface area contributed by atoms with E-state index < -0.39 is 0 Å². The van der Waals surface area contributed by atoms with Gasteiger partial charge in [0.15, 0.2) is 0 Å². The standard InChI is InChI=1S/C10H22O2.C6H10O3/c11-9-7-5-3-1-2-4-6-8-10-12;1(5-3-8-5)7-2-6-4-9-6/h11-12H,1-10H2;5-6H,1-4H2. The Labute approximate surface area is 128 Å². The highest BCUT2D eigenvalue weighted by atomic mass is 16.6. The Hall–Kier alpha value is -0.200. The van der Waals surface area contributed by atoms with Crippen molar-refractivity contribution in [1.29, 1.82) is 0 Å². The third kappa shape index (κ3) is 14.5. The summed E-state index contributed by atoms with van der Waals surface area (Å²) in [5, 5.41) is 17.0. The van der Waals surface area contributed by atoms with Gasteiger partial charge in [0.25, 0.3) is 0 Å². The number of unbranched alkanes of at least 4 members (excludes halogenated alkanes) is 7. The van der Waals surface area contributed by atoms with Gasteiger partial charge in [0, 0.05) is 13.2 Å². The smallest absolute Gasteiger partial charge is 0.104 e. The number of hydrogen-bond acceptors (Lipinski definition) is 5. The summed E-state index contributed by atoms with van der Waals surface area (Å²) in [4.78, 5) is 0. The molecular formula is C16H32O5. The van der Waals surface area contributed by atoms with Crippen LogP contribution in [-0.2, 0) is 14.2 Å². The van der Waals surface area contributed by atoms with Crippen molar-refractivity contribution in [3.63, 3.8) is 0 Å². The van der Waals surface area contributed by atoms with Crippen LogP contribution in [0.1, 0.15) is 51.4 Å². The van der Waals surface area contributed by atoms with Crippen LogP contribution >= 0.6 is 0 Å². The molecule has 0 aromatic rings. The first-order valence-electron chi connectivity index (χ1n) is 8.39. The second-order valence-electron chi connectivity index (χ2n) is 5.72. The van der Waals surface area contributed by atoms with Crippen molar-refractivity contribution >= 4 is 0 Å². The van der Waals surface area contributed by atoms with Crippen LogP contribution in [0, 0.1) is 0 Å². The Morgan fingerprint density at radius 1 is 0.667 bits per heavy atom. The number of aliphatic hydroxyl groups excluding tert-OH is 2. The van der Waals surface area contributed by atoms with E-state index in [1.165, 1.54) is 25.7 Å². The van der Waals surface area contributed by atoms with Crippen LogP contribution < -0.4 is 0 Å². The number of aliphatic hydroxyl groups is 2. The first-order valence-corrected chi connectivity index (χ1v) is 8.39. The summed E-state index contributed by atoms with van der Waals surface area (Å²) in [6.45, 7) is 3.94. The number of hydrogen-bond donors (Lipinski definition) is 2. The second kappa shape index (κ2) is 13.5. The van der Waals surface area contributed by atoms with Gasteiger partial charge in [0.1, 0.15) is 12.2 Å². The first kappa shape index (κ1) is 18.8. The molecule has 2 fully saturated rings. The number of rotatable bonds is 13. The molecule has 2 unspecified atom stereocenters. The monoisotopic (exact) mass is 304 g/mol. The molecule has 2 saturated heterocycles. The van der Waals surface area contributed by atoms with Gasteiger partial charge in [-0.05, 0) is 12.8 Å². The van der Waals surface area contributed by atoms with E-state index in [-0.39, 0.29) is 0 Å². The summed E-state index contributed by atoms with van der Waals surface area (Å²) < 4.78 is 15.1. The third-order valence-corrected chi connectivity index (χ3v) is 3.48. The second-order valence-corrected chi connectivity index (χ2v) is 5.72. The average molecular weight is 304 g/mol. The van der Waals surface area contributed by atoms with Crippen LogP contribution in [0.3, 0.4) is 0 Å². The van der Waals surface area contributed by atoms with Gasteiger partial charge >= 0.3 is 0 Å². The molecule has 126 valence electrons. The normalized spacial score (nSPS) is 22.6. The maximum absolute atomic E-state index is 8.51. The van der Waals surface area contributed by atoms with Crippen molar-refractivity contribution in [1.82, 2.24) is 0 Å². The van der Waals surface area contributed by atoms with Gasteiger partial charge in [0.2, 0.25) is 0 Å². The molecule has 21 heavy (non-hydrogen) atoms. The molecule has 0 saturated carbocycles. The molecule has 0 radical (unpaired) electrons. The molecule has 2 N–H and O–H groups in total. The van der Waals surface area contributed by atoms with Crippen LogP contribution in [0.25, 0.3) is 0 Å². The van der Waals surface area contributed by atoms with E-state index in [2.05, 4.69) is 0 Å². The summed E-state index contributed by atoms with van der Waals surface area (Å²) in [6, 6.07) is 0. The Balaban J connectivity index is 0.000000216. The van der Waals surface area contributed by atoms with Crippen LogP contribution in [0.15, 0.2) is 0 Å². The fourth-order valence-corrected chi connectivity index (χ4v) is 1.94. The molecular weight excluding hydrogens is 272 g/mol. The highest BCUT2D eigenvalue weighted by Gasteiger charge is 2.26. The van der Waals surface area contributed by atoms with Gasteiger partial charge in [-0.1, -0.05) is 38.5 Å². The van der Waals surface area contributed by atoms with E-state index in [0.29, 0.717) is 25.4 Å². The van der Waals surface area contributed by atoms with Gasteiger partial charge < -0.3 is 24.4 Å². The lowest BCUT2D eigenvalue weighted by molar-refractivity contribution is 0.102. The van der Waals surface area contributed by atoms with Crippen molar-refractivity contribution in [2.24, 2.45) is 0 Å². The van der Waals surface area contributed by atoms with E-state index in [4.69, 9.17) is 24.4 Å². The zero-order valence-electron chi connectivity index (χ0n) is 13.2. The Morgan fingerprint density at radius 3 is 1.29 bits per heavy atom. The van der Waals surface area contributed by atoms with Crippen LogP contribution in [0.5, 0.6) is 0 Å². The summed E-state index contributed by atoms with van der Waals surface area (Å²) in [5.74, 6) is 0. The molecule has 0 aromatic carbocycles. The molecule has 0 aliphatic carbocycles. The highest BCUT2D eigenvalue weighted by molar-refractivity contribution is 4.71. The minimum atomic E-state index is 0.338. The fraction of sp³-hybridized carbons (Fsp3) is 1.00. The van der Waals surface area contributed by atoms with Crippen molar-refractivity contribution in [2.45, 2.75) is 63.6 Å². The maximum atomic E-state index is 8.51. The molecule has 2 heterocycles. The largest absolute Gasteiger partial charge is 0.396 e. The molecule has 0 bridgehead atoms. The number of epoxide rings is 2. The molecule has 0 spiro atoms. The Bertz CT molecular complexity index is 195. The minimum Gasteiger partial charge on any atom is -0.396 e. The Morgan fingerprint density at radius 2 is 1.00 bits per heavy atom. The SMILES string of the molecule is C(OCC1CO1)C1CO1.OCCCCCCCCCCO. The third-order valence-electron chi connectivity index (χ3n) is 3.48. The first-order chi connectivity index (χ1) is 10.4. The average Bonchev–Trinajstić information content (AvgIpc) is 3.37. The molecule has 5 nitrogen and oxygen atoms in total. The van der Waals surface area contributed by atoms with Gasteiger partial charge in [-0.2, -0.15) is 0 Å². The quantitative estimate of drug-likeness (QED) is 0.401. The number of ether oxygens (including phenoxy) is 3. The van der Waals surface area contributed by atoms with Crippen molar-refractivity contribution in [2.75, 3.05) is 39.6 Å². The van der Waals surface area contributed by atoms with Gasteiger partial charge in [-0.3, -0.25) is 0 Å². The zero-order chi connectivity index (χ0) is 15.2. The van der Waals surface area contributed by atoms with Gasteiger partial charge in [-0.15, -0.1) is 0 Å². The molecule has 2 aliphatic heterocycles. The summed E-state index contributed by atoms with van der Waals surface area (Å²) in [7, 11) is 0. The van der Waals surface area contributed by atoms with Crippen molar-refractivity contribution in [3.05, 3.63) is 0 Å². The van der Waals surface area contributed by atoms with E-state index >= 15 is 0 Å². The summed E-state index contributed by atoms with van der Waals surface area (Å²) in [6.07, 6.45) is 10.1. The van der Waals surface area contributed by atoms with Crippen molar-refractivity contribution in [3.8, 4) is 0 Å². The van der Waals surface area contributed by atoms with E-state index in [9.17, 15) is 0 Å². The summed E-state index contributed by atoms with van der Waals surface area (Å²) in [5.41, 5.74) is 0. The molecule has 5 heteroatoms. The molecule has 0 aromatic heterocycles. The summed E-state index contributed by atoms with van der Waals surface area (Å²) >= 11 is 0. The predicted molar refractivity (Wildman–Crippen MR) is 81.4 cm³/mol. The lowest BCUT2D eigenvalue weighted by Crippen LogP contribution is -2.06. The molecule has 2 aliphatic rings. The molecule has 2 rings (SSSR count). The lowest BCUT2D eigenvalue weighted by Gasteiger charge is -1.99. The van der Waals surface area contributed by atoms with Gasteiger partial charge in [-0.25, -0.2) is 0 Å². The van der Waals surface area contributed by atoms with Gasteiger partial charge in [0.05, 0.1) is 26.4 Å². The fourth-order valence-electron chi connectivity index (χ4n) is 1.94. The molecule has 0 amide bonds. The zero-order valence-corrected chi connectivity index (χ0v) is 13.2. The van der Waals surface area contributed by atoms with E-state index in [1.807, 2.05) is 0 Å². The van der Waals surface area contributed by atoms with Crippen LogP contribution in [0.2, 0.25) is 0 Å². The van der Waals surface area contributed by atoms with Crippen LogP contribution in [-0.4, -0.2) is 62.1 Å². The highest BCUT2D eigenvalue weighted by Crippen LogP contribution is 2.12. The van der Waals surface area contributed by atoms with Crippen molar-refractivity contribution < 1.29 is 24.4 Å². The Kier molecular flexibility index (Phi) is 12.1. The maximum Gasteiger partial charge on any atom is 0.104 e. The topological polar surface area (TPSA) is 74.8 Å². The lowest BCUT2D eigenvalue weighted by atomic mass is 10.1. The minimum absolute atomic E-state index is 0.338. The predicted octanol–water partition coefficient (Wildman–Crippen LogP) is 1.89. The van der Waals surface area contributed by atoms with Crippen LogP contribution in [0.4, 0.5) is 0 Å². The van der Waals surface area contributed by atoms with E-state index in [0.717, 1.165) is 52.1 Å². The van der Waals surface area contributed by atoms with E-state index in [1.54, 1.807) is 0 Å². The molecule has 2 atom stereocenters.